The fourth-order valence-corrected chi connectivity index (χ4v) is 10.0. The summed E-state index contributed by atoms with van der Waals surface area (Å²) < 4.78 is 0. The van der Waals surface area contributed by atoms with Crippen molar-refractivity contribution >= 4 is 5.97 Å². The van der Waals surface area contributed by atoms with E-state index in [0.29, 0.717) is 19.3 Å². The van der Waals surface area contributed by atoms with E-state index >= 15 is 0 Å². The van der Waals surface area contributed by atoms with Gasteiger partial charge < -0.3 is 20.4 Å². The molecule has 4 saturated carbocycles. The van der Waals surface area contributed by atoms with Gasteiger partial charge >= 0.3 is 5.97 Å². The molecule has 0 unspecified atom stereocenters. The van der Waals surface area contributed by atoms with Crippen LogP contribution in [0.4, 0.5) is 0 Å². The number of hydrogen-bond donors (Lipinski definition) is 4. The van der Waals surface area contributed by atoms with E-state index in [0.717, 1.165) is 37.7 Å². The highest BCUT2D eigenvalue weighted by Gasteiger charge is 2.70. The SMILES string of the molecule is C=C1[C@H](O)[C@H](O)C[C@]2(C)[C@H]3CC=C4[C@@H]5CC(C)(C)CC[C@]5(C(=O)O)[C@H](O)C[C@@]4(C)[C@]3(C)CC[C@@H]12. The molecule has 4 fully saturated rings. The van der Waals surface area contributed by atoms with E-state index in [1.54, 1.807) is 0 Å². The summed E-state index contributed by atoms with van der Waals surface area (Å²) in [6.07, 6.45) is 5.69. The summed E-state index contributed by atoms with van der Waals surface area (Å²) in [5.41, 5.74) is 0.372. The minimum absolute atomic E-state index is 0.0468. The molecule has 0 aliphatic heterocycles. The molecular weight excluding hydrogens is 428 g/mol. The largest absolute Gasteiger partial charge is 0.481 e. The molecule has 0 aromatic rings. The van der Waals surface area contributed by atoms with Gasteiger partial charge in [0, 0.05) is 0 Å². The quantitative estimate of drug-likeness (QED) is 0.415. The Bertz CT molecular complexity index is 952. The lowest BCUT2D eigenvalue weighted by atomic mass is 9.34. The summed E-state index contributed by atoms with van der Waals surface area (Å²) in [5, 5.41) is 43.4. The molecule has 0 bridgehead atoms. The standard InChI is InChI=1S/C29H44O5/c1-16-17-9-10-27(5)21(26(17,4)14-20(30)23(16)32)8-7-18-19-13-25(2,3)11-12-29(19,24(33)34)22(31)15-28(18,27)6/h7,17,19-23,30-32H,1,8-15H2,2-6H3,(H,33,34)/t17-,19-,20+,21+,22+,23-,26-,27+,28+,29+/m0/s1. The molecule has 0 spiro atoms. The Morgan fingerprint density at radius 1 is 0.971 bits per heavy atom. The third-order valence-electron chi connectivity index (χ3n) is 12.2. The van der Waals surface area contributed by atoms with E-state index in [1.807, 2.05) is 0 Å². The van der Waals surface area contributed by atoms with Crippen molar-refractivity contribution < 1.29 is 25.2 Å². The van der Waals surface area contributed by atoms with Crippen LogP contribution in [-0.2, 0) is 4.79 Å². The first-order chi connectivity index (χ1) is 15.6. The van der Waals surface area contributed by atoms with Crippen molar-refractivity contribution in [1.29, 1.82) is 0 Å². The van der Waals surface area contributed by atoms with Crippen LogP contribution in [0.15, 0.2) is 23.8 Å². The van der Waals surface area contributed by atoms with Gasteiger partial charge in [-0.3, -0.25) is 4.79 Å². The molecule has 190 valence electrons. The molecule has 0 aromatic heterocycles. The monoisotopic (exact) mass is 472 g/mol. The van der Waals surface area contributed by atoms with E-state index in [4.69, 9.17) is 0 Å². The lowest BCUT2D eigenvalue weighted by Crippen LogP contribution is -2.67. The third-order valence-corrected chi connectivity index (χ3v) is 12.2. The fourth-order valence-electron chi connectivity index (χ4n) is 10.0. The second-order valence-electron chi connectivity index (χ2n) is 14.1. The number of fused-ring (bicyclic) bond motifs is 7. The van der Waals surface area contributed by atoms with Crippen LogP contribution in [0.25, 0.3) is 0 Å². The van der Waals surface area contributed by atoms with Crippen LogP contribution in [0.5, 0.6) is 0 Å². The minimum atomic E-state index is -1.09. The van der Waals surface area contributed by atoms with E-state index in [9.17, 15) is 25.2 Å². The van der Waals surface area contributed by atoms with Crippen LogP contribution in [0.1, 0.15) is 86.0 Å². The normalized spacial score (nSPS) is 54.1. The van der Waals surface area contributed by atoms with Gasteiger partial charge in [0.2, 0.25) is 0 Å². The molecule has 5 aliphatic carbocycles. The van der Waals surface area contributed by atoms with Gasteiger partial charge in [-0.05, 0) is 96.4 Å². The zero-order chi connectivity index (χ0) is 25.1. The Kier molecular flexibility index (Phi) is 5.19. The summed E-state index contributed by atoms with van der Waals surface area (Å²) in [6.45, 7) is 15.6. The summed E-state index contributed by atoms with van der Waals surface area (Å²) in [4.78, 5) is 12.8. The van der Waals surface area contributed by atoms with Crippen molar-refractivity contribution in [3.05, 3.63) is 23.8 Å². The van der Waals surface area contributed by atoms with Gasteiger partial charge in [0.25, 0.3) is 0 Å². The number of allylic oxidation sites excluding steroid dienone is 2. The number of carboxylic acids is 1. The van der Waals surface area contributed by atoms with Gasteiger partial charge in [-0.15, -0.1) is 0 Å². The number of hydrogen-bond acceptors (Lipinski definition) is 4. The average molecular weight is 473 g/mol. The average Bonchev–Trinajstić information content (AvgIpc) is 2.72. The number of aliphatic carboxylic acids is 1. The van der Waals surface area contributed by atoms with Crippen LogP contribution in [-0.4, -0.2) is 44.7 Å². The van der Waals surface area contributed by atoms with Crippen molar-refractivity contribution in [1.82, 2.24) is 0 Å². The molecular formula is C29H44O5. The summed E-state index contributed by atoms with van der Waals surface area (Å²) in [7, 11) is 0. The molecule has 10 atom stereocenters. The molecule has 5 rings (SSSR count). The summed E-state index contributed by atoms with van der Waals surface area (Å²) in [5.74, 6) is -0.554. The molecule has 0 amide bonds. The maximum atomic E-state index is 12.8. The van der Waals surface area contributed by atoms with Gasteiger partial charge in [-0.2, -0.15) is 0 Å². The second-order valence-corrected chi connectivity index (χ2v) is 14.1. The predicted molar refractivity (Wildman–Crippen MR) is 131 cm³/mol. The van der Waals surface area contributed by atoms with E-state index in [-0.39, 0.29) is 39.4 Å². The molecule has 5 nitrogen and oxygen atoms in total. The highest BCUT2D eigenvalue weighted by atomic mass is 16.4. The Morgan fingerprint density at radius 3 is 2.29 bits per heavy atom. The van der Waals surface area contributed by atoms with Gasteiger partial charge in [0.05, 0.1) is 12.2 Å². The smallest absolute Gasteiger partial charge is 0.312 e. The fraction of sp³-hybridized carbons (Fsp3) is 0.828. The molecule has 0 radical (unpaired) electrons. The Balaban J connectivity index is 1.63. The molecule has 5 heteroatoms. The Labute approximate surface area is 204 Å². The van der Waals surface area contributed by atoms with Crippen LogP contribution < -0.4 is 0 Å². The lowest BCUT2D eigenvalue weighted by Gasteiger charge is -2.70. The van der Waals surface area contributed by atoms with Crippen molar-refractivity contribution in [3.63, 3.8) is 0 Å². The first-order valence-electron chi connectivity index (χ1n) is 13.3. The zero-order valence-electron chi connectivity index (χ0n) is 21.6. The molecule has 0 heterocycles. The van der Waals surface area contributed by atoms with Crippen molar-refractivity contribution in [2.75, 3.05) is 0 Å². The highest BCUT2D eigenvalue weighted by molar-refractivity contribution is 5.77. The van der Waals surface area contributed by atoms with Crippen LogP contribution >= 0.6 is 0 Å². The van der Waals surface area contributed by atoms with Gasteiger partial charge in [0.15, 0.2) is 0 Å². The van der Waals surface area contributed by atoms with Crippen LogP contribution in [0, 0.1) is 44.8 Å². The van der Waals surface area contributed by atoms with E-state index < -0.39 is 29.7 Å². The Hall–Kier alpha value is -1.17. The van der Waals surface area contributed by atoms with Gasteiger partial charge in [0.1, 0.15) is 11.5 Å². The molecule has 34 heavy (non-hydrogen) atoms. The number of carbonyl (C=O) groups is 1. The number of carboxylic acid groups (broad SMARTS) is 1. The molecule has 0 aromatic carbocycles. The molecule has 0 saturated heterocycles. The maximum absolute atomic E-state index is 12.8. The van der Waals surface area contributed by atoms with E-state index in [2.05, 4.69) is 47.3 Å². The zero-order valence-corrected chi connectivity index (χ0v) is 21.6. The first-order valence-corrected chi connectivity index (χ1v) is 13.3. The van der Waals surface area contributed by atoms with Crippen molar-refractivity contribution in [2.24, 2.45) is 44.8 Å². The maximum Gasteiger partial charge on any atom is 0.312 e. The lowest BCUT2D eigenvalue weighted by molar-refractivity contribution is -0.202. The van der Waals surface area contributed by atoms with Crippen LogP contribution in [0.3, 0.4) is 0 Å². The molecule has 5 aliphatic rings. The minimum Gasteiger partial charge on any atom is -0.481 e. The number of aliphatic hydroxyl groups is 3. The second kappa shape index (κ2) is 7.20. The van der Waals surface area contributed by atoms with Crippen LogP contribution in [0.2, 0.25) is 0 Å². The third kappa shape index (κ3) is 2.81. The first kappa shape index (κ1) is 24.5. The summed E-state index contributed by atoms with van der Waals surface area (Å²) in [6, 6.07) is 0. The van der Waals surface area contributed by atoms with Gasteiger partial charge in [-0.25, -0.2) is 0 Å². The topological polar surface area (TPSA) is 98.0 Å². The number of rotatable bonds is 1. The predicted octanol–water partition coefficient (Wildman–Crippen LogP) is 4.71. The van der Waals surface area contributed by atoms with Crippen molar-refractivity contribution in [2.45, 2.75) is 104 Å². The molecule has 4 N–H and O–H groups in total. The number of aliphatic hydroxyl groups excluding tert-OH is 3. The Morgan fingerprint density at radius 2 is 1.65 bits per heavy atom. The highest BCUT2D eigenvalue weighted by Crippen LogP contribution is 2.74. The van der Waals surface area contributed by atoms with Crippen molar-refractivity contribution in [3.8, 4) is 0 Å². The summed E-state index contributed by atoms with van der Waals surface area (Å²) >= 11 is 0. The van der Waals surface area contributed by atoms with Gasteiger partial charge in [-0.1, -0.05) is 52.8 Å². The van der Waals surface area contributed by atoms with E-state index in [1.165, 1.54) is 5.57 Å².